The van der Waals surface area contributed by atoms with E-state index in [-0.39, 0.29) is 5.91 Å². The fourth-order valence-electron chi connectivity index (χ4n) is 3.58. The highest BCUT2D eigenvalue weighted by molar-refractivity contribution is 7.86. The maximum Gasteiger partial charge on any atom is 0.281 e. The molecular formula is C18H27N3O3S. The molecule has 138 valence electrons. The summed E-state index contributed by atoms with van der Waals surface area (Å²) in [5.41, 5.74) is 3.87. The molecule has 1 aromatic rings. The van der Waals surface area contributed by atoms with Gasteiger partial charge in [0.25, 0.3) is 10.2 Å². The lowest BCUT2D eigenvalue weighted by Crippen LogP contribution is -2.53. The van der Waals surface area contributed by atoms with Crippen molar-refractivity contribution in [3.8, 4) is 0 Å². The Morgan fingerprint density at radius 2 is 1.68 bits per heavy atom. The number of aryl methyl sites for hydroxylation is 2. The van der Waals surface area contributed by atoms with Gasteiger partial charge < -0.3 is 4.90 Å². The molecule has 1 aromatic carbocycles. The minimum absolute atomic E-state index is 0.0812. The maximum absolute atomic E-state index is 12.6. The van der Waals surface area contributed by atoms with Crippen LogP contribution in [0.25, 0.3) is 0 Å². The zero-order valence-corrected chi connectivity index (χ0v) is 15.9. The summed E-state index contributed by atoms with van der Waals surface area (Å²) in [6, 6.07) is 6.41. The van der Waals surface area contributed by atoms with Gasteiger partial charge in [-0.25, -0.2) is 0 Å². The first-order chi connectivity index (χ1) is 11.9. The van der Waals surface area contributed by atoms with Gasteiger partial charge in [-0.3, -0.25) is 4.79 Å². The number of amides is 1. The zero-order valence-electron chi connectivity index (χ0n) is 15.1. The van der Waals surface area contributed by atoms with E-state index in [4.69, 9.17) is 0 Å². The van der Waals surface area contributed by atoms with Crippen LogP contribution in [0.15, 0.2) is 18.2 Å². The van der Waals surface area contributed by atoms with Crippen LogP contribution in [0.2, 0.25) is 0 Å². The third kappa shape index (κ3) is 4.04. The van der Waals surface area contributed by atoms with Crippen molar-refractivity contribution < 1.29 is 13.2 Å². The van der Waals surface area contributed by atoms with Crippen LogP contribution >= 0.6 is 0 Å². The second-order valence-corrected chi connectivity index (χ2v) is 9.20. The van der Waals surface area contributed by atoms with Gasteiger partial charge in [-0.05, 0) is 42.4 Å². The van der Waals surface area contributed by atoms with Crippen LogP contribution in [0.4, 0.5) is 0 Å². The summed E-state index contributed by atoms with van der Waals surface area (Å²) >= 11 is 0. The Hall–Kier alpha value is -1.44. The van der Waals surface area contributed by atoms with Crippen LogP contribution in [0, 0.1) is 0 Å². The SMILES string of the molecule is CN(C)S(=O)(=O)N1CCN(C(=O)Cc2ccc3c(c2)CCCC3)CC1. The maximum atomic E-state index is 12.6. The van der Waals surface area contributed by atoms with Crippen molar-refractivity contribution in [1.82, 2.24) is 13.5 Å². The van der Waals surface area contributed by atoms with Gasteiger partial charge in [-0.15, -0.1) is 0 Å². The first-order valence-electron chi connectivity index (χ1n) is 8.94. The van der Waals surface area contributed by atoms with E-state index in [1.807, 2.05) is 0 Å². The molecule has 6 nitrogen and oxygen atoms in total. The number of rotatable bonds is 4. The van der Waals surface area contributed by atoms with Crippen LogP contribution in [-0.4, -0.2) is 68.1 Å². The van der Waals surface area contributed by atoms with Crippen LogP contribution in [0.3, 0.4) is 0 Å². The van der Waals surface area contributed by atoms with E-state index in [1.165, 1.54) is 46.7 Å². The molecule has 1 fully saturated rings. The second-order valence-electron chi connectivity index (χ2n) is 7.06. The molecule has 1 aliphatic carbocycles. The van der Waals surface area contributed by atoms with Crippen molar-refractivity contribution in [2.24, 2.45) is 0 Å². The van der Waals surface area contributed by atoms with Crippen molar-refractivity contribution in [3.63, 3.8) is 0 Å². The third-order valence-corrected chi connectivity index (χ3v) is 7.09. The molecule has 0 radical (unpaired) electrons. The van der Waals surface area contributed by atoms with Gasteiger partial charge in [0.2, 0.25) is 5.91 Å². The molecule has 2 aliphatic rings. The Bertz CT molecular complexity index is 738. The zero-order chi connectivity index (χ0) is 18.0. The molecule has 0 N–H and O–H groups in total. The summed E-state index contributed by atoms with van der Waals surface area (Å²) in [6.07, 6.45) is 5.14. The van der Waals surface area contributed by atoms with Crippen molar-refractivity contribution in [2.75, 3.05) is 40.3 Å². The molecular weight excluding hydrogens is 338 g/mol. The average molecular weight is 365 g/mol. The molecule has 0 unspecified atom stereocenters. The molecule has 0 atom stereocenters. The first kappa shape index (κ1) is 18.4. The lowest BCUT2D eigenvalue weighted by atomic mass is 9.90. The molecule has 1 saturated heterocycles. The number of nitrogens with zero attached hydrogens (tertiary/aromatic N) is 3. The molecule has 1 aliphatic heterocycles. The number of piperazine rings is 1. The predicted octanol–water partition coefficient (Wildman–Crippen LogP) is 1.06. The van der Waals surface area contributed by atoms with Gasteiger partial charge in [0, 0.05) is 40.3 Å². The fourth-order valence-corrected chi connectivity index (χ4v) is 4.67. The molecule has 3 rings (SSSR count). The first-order valence-corrected chi connectivity index (χ1v) is 10.3. The Labute approximate surface area is 150 Å². The highest BCUT2D eigenvalue weighted by Crippen LogP contribution is 2.22. The van der Waals surface area contributed by atoms with Gasteiger partial charge in [0.05, 0.1) is 6.42 Å². The Morgan fingerprint density at radius 3 is 2.32 bits per heavy atom. The highest BCUT2D eigenvalue weighted by Gasteiger charge is 2.30. The fraction of sp³-hybridized carbons (Fsp3) is 0.611. The van der Waals surface area contributed by atoms with E-state index in [1.54, 1.807) is 4.90 Å². The molecule has 0 aromatic heterocycles. The Morgan fingerprint density at radius 1 is 1.04 bits per heavy atom. The van der Waals surface area contributed by atoms with E-state index in [9.17, 15) is 13.2 Å². The number of hydrogen-bond donors (Lipinski definition) is 0. The van der Waals surface area contributed by atoms with Crippen molar-refractivity contribution in [1.29, 1.82) is 0 Å². The third-order valence-electron chi connectivity index (χ3n) is 5.15. The minimum Gasteiger partial charge on any atom is -0.340 e. The van der Waals surface area contributed by atoms with Crippen molar-refractivity contribution in [3.05, 3.63) is 34.9 Å². The predicted molar refractivity (Wildman–Crippen MR) is 97.5 cm³/mol. The summed E-state index contributed by atoms with van der Waals surface area (Å²) in [5, 5.41) is 0. The number of carbonyl (C=O) groups excluding carboxylic acids is 1. The Kier molecular flexibility index (Phi) is 5.46. The van der Waals surface area contributed by atoms with Gasteiger partial charge in [0.15, 0.2) is 0 Å². The lowest BCUT2D eigenvalue weighted by molar-refractivity contribution is -0.131. The second kappa shape index (κ2) is 7.43. The largest absolute Gasteiger partial charge is 0.340 e. The molecule has 0 saturated carbocycles. The van der Waals surface area contributed by atoms with E-state index in [2.05, 4.69) is 18.2 Å². The van der Waals surface area contributed by atoms with Crippen molar-refractivity contribution in [2.45, 2.75) is 32.1 Å². The summed E-state index contributed by atoms with van der Waals surface area (Å²) < 4.78 is 26.9. The quantitative estimate of drug-likeness (QED) is 0.802. The minimum atomic E-state index is -3.39. The number of carbonyl (C=O) groups is 1. The normalized spacial score (nSPS) is 19.1. The summed E-state index contributed by atoms with van der Waals surface area (Å²) in [7, 11) is -0.328. The van der Waals surface area contributed by atoms with E-state index in [0.29, 0.717) is 32.6 Å². The standard InChI is InChI=1S/C18H27N3O3S/c1-19(2)25(23,24)21-11-9-20(10-12-21)18(22)14-15-7-8-16-5-3-4-6-17(16)13-15/h7-8,13H,3-6,9-12,14H2,1-2H3. The van der Waals surface area contributed by atoms with Gasteiger partial charge in [0.1, 0.15) is 0 Å². The topological polar surface area (TPSA) is 60.9 Å². The van der Waals surface area contributed by atoms with Crippen LogP contribution in [0.5, 0.6) is 0 Å². The van der Waals surface area contributed by atoms with Crippen molar-refractivity contribution >= 4 is 16.1 Å². The molecule has 1 amide bonds. The highest BCUT2D eigenvalue weighted by atomic mass is 32.2. The molecule has 1 heterocycles. The van der Waals surface area contributed by atoms with Crippen LogP contribution in [0.1, 0.15) is 29.5 Å². The molecule has 25 heavy (non-hydrogen) atoms. The lowest BCUT2D eigenvalue weighted by Gasteiger charge is -2.35. The van der Waals surface area contributed by atoms with Gasteiger partial charge in [-0.1, -0.05) is 18.2 Å². The molecule has 7 heteroatoms. The van der Waals surface area contributed by atoms with E-state index in [0.717, 1.165) is 18.4 Å². The smallest absolute Gasteiger partial charge is 0.281 e. The molecule has 0 bridgehead atoms. The molecule has 0 spiro atoms. The Balaban J connectivity index is 1.58. The number of fused-ring (bicyclic) bond motifs is 1. The number of benzene rings is 1. The van der Waals surface area contributed by atoms with E-state index >= 15 is 0 Å². The van der Waals surface area contributed by atoms with Crippen LogP contribution in [-0.2, 0) is 34.3 Å². The average Bonchev–Trinajstić information content (AvgIpc) is 2.61. The van der Waals surface area contributed by atoms with Gasteiger partial charge in [-0.2, -0.15) is 17.0 Å². The van der Waals surface area contributed by atoms with Crippen LogP contribution < -0.4 is 0 Å². The van der Waals surface area contributed by atoms with Gasteiger partial charge >= 0.3 is 0 Å². The summed E-state index contributed by atoms with van der Waals surface area (Å²) in [5.74, 6) is 0.0812. The van der Waals surface area contributed by atoms with E-state index < -0.39 is 10.2 Å². The summed E-state index contributed by atoms with van der Waals surface area (Å²) in [4.78, 5) is 14.4. The summed E-state index contributed by atoms with van der Waals surface area (Å²) in [6.45, 7) is 1.63. The number of hydrogen-bond acceptors (Lipinski definition) is 3. The monoisotopic (exact) mass is 365 g/mol.